The average Bonchev–Trinajstić information content (AvgIpc) is 3.93. The number of fused-ring (bicyclic) bond motifs is 1. The van der Waals surface area contributed by atoms with Gasteiger partial charge < -0.3 is 43.7 Å². The third-order valence-corrected chi connectivity index (χ3v) is 12.6. The minimum absolute atomic E-state index is 0.0670. The van der Waals surface area contributed by atoms with Crippen molar-refractivity contribution in [3.63, 3.8) is 0 Å². The van der Waals surface area contributed by atoms with E-state index in [1.807, 2.05) is 4.90 Å². The maximum atomic E-state index is 16.7. The number of nitrogens with one attached hydrogen (secondary N) is 1. The highest BCUT2D eigenvalue weighted by Crippen LogP contribution is 2.40. The fourth-order valence-corrected chi connectivity index (χ4v) is 8.84. The van der Waals surface area contributed by atoms with Crippen LogP contribution in [-0.2, 0) is 54.1 Å². The van der Waals surface area contributed by atoms with Gasteiger partial charge in [-0.25, -0.2) is 18.8 Å². The minimum Gasteiger partial charge on any atom is -0.468 e. The summed E-state index contributed by atoms with van der Waals surface area (Å²) in [6.07, 6.45) is -6.76. The molecule has 1 amide bonds. The van der Waals surface area contributed by atoms with Crippen molar-refractivity contribution in [3.8, 4) is 22.5 Å². The van der Waals surface area contributed by atoms with Gasteiger partial charge in [0.05, 0.1) is 40.7 Å². The van der Waals surface area contributed by atoms with Crippen molar-refractivity contribution in [2.75, 3.05) is 27.8 Å². The summed E-state index contributed by atoms with van der Waals surface area (Å²) in [5.74, 6) is 0.946. The van der Waals surface area contributed by atoms with Crippen LogP contribution in [0.2, 0.25) is 0 Å². The Morgan fingerprint density at radius 2 is 1.88 bits per heavy atom. The lowest BCUT2D eigenvalue weighted by molar-refractivity contribution is -0.290. The summed E-state index contributed by atoms with van der Waals surface area (Å²) in [7, 11) is 4.84. The second-order valence-corrected chi connectivity index (χ2v) is 17.5. The number of aliphatic hydroxyl groups is 1. The predicted molar refractivity (Wildman–Crippen MR) is 211 cm³/mol. The van der Waals surface area contributed by atoms with Crippen molar-refractivity contribution in [2.24, 2.45) is 11.8 Å². The van der Waals surface area contributed by atoms with Crippen molar-refractivity contribution >= 4 is 40.9 Å². The number of tetrazole rings is 1. The zero-order chi connectivity index (χ0) is 44.3. The number of aliphatic hydroxyl groups excluding tert-OH is 1. The number of nitrogens with zero attached hydrogens (tertiary/aromatic N) is 5. The van der Waals surface area contributed by atoms with Gasteiger partial charge in [-0.2, -0.15) is 4.80 Å². The smallest absolute Gasteiger partial charge is 0.408 e. The molecule has 5 heterocycles. The van der Waals surface area contributed by atoms with Crippen molar-refractivity contribution in [1.82, 2.24) is 30.4 Å². The Bertz CT molecular complexity index is 1980. The largest absolute Gasteiger partial charge is 0.468 e. The van der Waals surface area contributed by atoms with E-state index in [9.17, 15) is 29.1 Å². The van der Waals surface area contributed by atoms with Crippen LogP contribution >= 0.6 is 11.3 Å². The van der Waals surface area contributed by atoms with Crippen molar-refractivity contribution < 1.29 is 61.9 Å². The number of alkyl halides is 1. The predicted octanol–water partition coefficient (Wildman–Crippen LogP) is 2.63. The molecule has 2 aromatic heterocycles. The maximum Gasteiger partial charge on any atom is 0.408 e. The topological polar surface area (TPSA) is 220 Å². The molecule has 0 spiro atoms. The number of halogens is 1. The SMILES string of the molecule is CC[C@@H]1OC(=O)[C@@](C)(F)C(=O)C[C@@H](O[C@@H]2O[C@H](C)C[C@H](N(C)C)[C@H]2O)[C@@](C)(OCC#Cc2ccc(-c3nnn(CC(=O)OC)n3)s2)C[C@@H](C)C(=O)[C@H](C)C2NC(=O)OC21C. The quantitative estimate of drug-likeness (QED) is 0.160. The molecule has 12 atom stereocenters. The number of aromatic nitrogens is 4. The van der Waals surface area contributed by atoms with Gasteiger partial charge in [0.15, 0.2) is 24.2 Å². The fraction of sp³-hybridized carbons (Fsp3) is 0.700. The Hall–Kier alpha value is -4.39. The number of hydrogen-bond donors (Lipinski definition) is 2. The van der Waals surface area contributed by atoms with Crippen molar-refractivity contribution in [2.45, 2.75) is 140 Å². The van der Waals surface area contributed by atoms with Crippen LogP contribution in [0, 0.1) is 23.7 Å². The van der Waals surface area contributed by atoms with E-state index >= 15 is 4.39 Å². The number of rotatable bonds is 9. The first-order chi connectivity index (χ1) is 28.1. The summed E-state index contributed by atoms with van der Waals surface area (Å²) in [5, 5.41) is 26.2. The molecule has 60 heavy (non-hydrogen) atoms. The highest BCUT2D eigenvalue weighted by molar-refractivity contribution is 7.15. The van der Waals surface area contributed by atoms with E-state index in [0.29, 0.717) is 16.2 Å². The van der Waals surface area contributed by atoms with Gasteiger partial charge in [-0.3, -0.25) is 9.59 Å². The van der Waals surface area contributed by atoms with Gasteiger partial charge in [0.1, 0.15) is 24.6 Å². The number of ether oxygens (including phenoxy) is 6. The molecule has 3 saturated heterocycles. The van der Waals surface area contributed by atoms with E-state index in [-0.39, 0.29) is 37.6 Å². The van der Waals surface area contributed by atoms with Crippen LogP contribution < -0.4 is 5.32 Å². The second kappa shape index (κ2) is 18.7. The molecule has 5 rings (SSSR count). The molecular weight excluding hydrogens is 808 g/mol. The van der Waals surface area contributed by atoms with Crippen LogP contribution in [0.1, 0.15) is 79.0 Å². The number of carbonyl (C=O) groups is 5. The Morgan fingerprint density at radius 1 is 1.17 bits per heavy atom. The van der Waals surface area contributed by atoms with E-state index < -0.39 is 102 Å². The van der Waals surface area contributed by atoms with Crippen molar-refractivity contribution in [1.29, 1.82) is 0 Å². The number of carbonyl (C=O) groups excluding carboxylic acids is 5. The molecule has 18 nitrogen and oxygen atoms in total. The summed E-state index contributed by atoms with van der Waals surface area (Å²) in [6.45, 7) is 10.1. The summed E-state index contributed by atoms with van der Waals surface area (Å²) < 4.78 is 51.6. The van der Waals surface area contributed by atoms with E-state index in [0.717, 1.165) is 11.7 Å². The Balaban J connectivity index is 1.51. The number of thiophene rings is 1. The van der Waals surface area contributed by atoms with Gasteiger partial charge >= 0.3 is 18.0 Å². The number of Topliss-reactive ketones (excluding diaryl/α,β-unsaturated/α-hetero) is 2. The molecule has 20 heteroatoms. The van der Waals surface area contributed by atoms with Crippen LogP contribution in [0.4, 0.5) is 9.18 Å². The summed E-state index contributed by atoms with van der Waals surface area (Å²) in [4.78, 5) is 70.5. The minimum atomic E-state index is -3.21. The van der Waals surface area contributed by atoms with E-state index in [4.69, 9.17) is 23.7 Å². The Kier molecular flexibility index (Phi) is 14.5. The number of hydrogen-bond acceptors (Lipinski definition) is 17. The lowest BCUT2D eigenvalue weighted by atomic mass is 9.75. The second-order valence-electron chi connectivity index (χ2n) is 16.4. The van der Waals surface area contributed by atoms with Gasteiger partial charge in [0.25, 0.3) is 5.67 Å². The van der Waals surface area contributed by atoms with Gasteiger partial charge in [0.2, 0.25) is 5.82 Å². The van der Waals surface area contributed by atoms with Gasteiger partial charge in [-0.05, 0) is 78.4 Å². The Morgan fingerprint density at radius 3 is 2.55 bits per heavy atom. The molecule has 2 N–H and O–H groups in total. The number of cyclic esters (lactones) is 1. The highest BCUT2D eigenvalue weighted by Gasteiger charge is 2.58. The van der Waals surface area contributed by atoms with Crippen LogP contribution in [0.15, 0.2) is 12.1 Å². The first kappa shape index (κ1) is 46.7. The fourth-order valence-electron chi connectivity index (χ4n) is 8.04. The number of amides is 1. The number of esters is 2. The lowest BCUT2D eigenvalue weighted by Gasteiger charge is -2.46. The van der Waals surface area contributed by atoms with Crippen molar-refractivity contribution in [3.05, 3.63) is 17.0 Å². The molecule has 0 aliphatic carbocycles. The molecular formula is C40H55FN6O12S. The normalized spacial score (nSPS) is 35.4. The van der Waals surface area contributed by atoms with Gasteiger partial charge in [-0.1, -0.05) is 32.6 Å². The molecule has 0 bridgehead atoms. The molecule has 0 radical (unpaired) electrons. The molecule has 330 valence electrons. The number of ketones is 2. The third-order valence-electron chi connectivity index (χ3n) is 11.6. The van der Waals surface area contributed by atoms with E-state index in [2.05, 4.69) is 37.3 Å². The van der Waals surface area contributed by atoms with Gasteiger partial charge in [-0.15, -0.1) is 21.5 Å². The third kappa shape index (κ3) is 10.0. The monoisotopic (exact) mass is 862 g/mol. The number of alkyl carbamates (subject to hydrolysis) is 1. The standard InChI is InChI=1S/C40H55FN6O12S/c1-11-28-40(7)33(42-37(53)59-40)23(4)31(50)21(2)19-38(5,55-16-12-13-24-14-15-26(60-24)34-43-45-47(44-34)20-30(49)54-10)29(18-27(48)39(6,41)36(52)58-28)57-35-32(51)25(46(8)9)17-22(3)56-35/h14-15,21-23,25,28-29,32-33,35,51H,11,16-20H2,1-10H3,(H,42,53)/t21-,22-,23+,25+,28+,29-,32-,33?,35+,38+,39+,40?/m1/s1. The van der Waals surface area contributed by atoms with Crippen LogP contribution in [0.25, 0.3) is 10.7 Å². The van der Waals surface area contributed by atoms with Crippen LogP contribution in [-0.4, -0.2) is 147 Å². The molecule has 3 fully saturated rings. The summed E-state index contributed by atoms with van der Waals surface area (Å²) in [5.41, 5.74) is -6.42. The molecule has 3 aliphatic heterocycles. The number of methoxy groups -OCH3 is 1. The lowest BCUT2D eigenvalue weighted by Crippen LogP contribution is -2.60. The zero-order valence-electron chi connectivity index (χ0n) is 35.6. The van der Waals surface area contributed by atoms with E-state index in [1.165, 1.54) is 25.4 Å². The molecule has 2 unspecified atom stereocenters. The first-order valence-corrected chi connectivity index (χ1v) is 20.6. The molecule has 3 aliphatic rings. The van der Waals surface area contributed by atoms with Crippen LogP contribution in [0.5, 0.6) is 0 Å². The van der Waals surface area contributed by atoms with Crippen LogP contribution in [0.3, 0.4) is 0 Å². The summed E-state index contributed by atoms with van der Waals surface area (Å²) in [6, 6.07) is 2.06. The average molecular weight is 863 g/mol. The maximum absolute atomic E-state index is 16.7. The molecule has 2 aromatic rings. The number of likely N-dealkylation sites (N-methyl/N-ethyl adjacent to an activating group) is 1. The zero-order valence-corrected chi connectivity index (χ0v) is 36.4. The molecule has 0 aromatic carbocycles. The molecule has 0 saturated carbocycles. The summed E-state index contributed by atoms with van der Waals surface area (Å²) >= 11 is 1.25. The first-order valence-electron chi connectivity index (χ1n) is 19.8. The van der Waals surface area contributed by atoms with Gasteiger partial charge in [0, 0.05) is 24.3 Å². The Labute approximate surface area is 352 Å². The van der Waals surface area contributed by atoms with E-state index in [1.54, 1.807) is 60.8 Å². The highest BCUT2D eigenvalue weighted by atomic mass is 32.1.